The van der Waals surface area contributed by atoms with Gasteiger partial charge in [-0.05, 0) is 43.0 Å². The van der Waals surface area contributed by atoms with Crippen molar-refractivity contribution >= 4 is 17.6 Å². The molecule has 2 heterocycles. The molecule has 2 aliphatic heterocycles. The number of ether oxygens (including phenoxy) is 1. The average Bonchev–Trinajstić information content (AvgIpc) is 2.96. The van der Waals surface area contributed by atoms with E-state index in [-0.39, 0.29) is 17.9 Å². The molecule has 1 aromatic rings. The van der Waals surface area contributed by atoms with E-state index in [0.29, 0.717) is 6.67 Å². The number of methoxy groups -OCH3 is 1. The number of rotatable bonds is 4. The summed E-state index contributed by atoms with van der Waals surface area (Å²) in [7, 11) is 1.67. The summed E-state index contributed by atoms with van der Waals surface area (Å²) < 4.78 is 5.23. The van der Waals surface area contributed by atoms with Crippen LogP contribution in [0.1, 0.15) is 32.6 Å². The SMILES string of the molecule is COc1ccc(N2CC[NH+](CN3C(=O)N[C@@]4(CCCC[C@H]4C)C3=O)CC2)cc1. The molecule has 3 fully saturated rings. The lowest BCUT2D eigenvalue weighted by Crippen LogP contribution is -3.16. The monoisotopic (exact) mass is 387 g/mol. The molecule has 3 aliphatic rings. The third-order valence-corrected chi connectivity index (χ3v) is 6.79. The van der Waals surface area contributed by atoms with E-state index in [1.165, 1.54) is 15.5 Å². The summed E-state index contributed by atoms with van der Waals surface area (Å²) in [6.07, 6.45) is 3.94. The average molecular weight is 388 g/mol. The number of carbonyl (C=O) groups excluding carboxylic acids is 2. The largest absolute Gasteiger partial charge is 0.497 e. The number of hydrogen-bond acceptors (Lipinski definition) is 4. The Labute approximate surface area is 166 Å². The summed E-state index contributed by atoms with van der Waals surface area (Å²) in [6.45, 7) is 6.20. The third kappa shape index (κ3) is 3.32. The van der Waals surface area contributed by atoms with Gasteiger partial charge in [-0.15, -0.1) is 0 Å². The maximum Gasteiger partial charge on any atom is 0.329 e. The van der Waals surface area contributed by atoms with E-state index in [1.807, 2.05) is 12.1 Å². The van der Waals surface area contributed by atoms with Crippen molar-refractivity contribution in [3.05, 3.63) is 24.3 Å². The summed E-state index contributed by atoms with van der Waals surface area (Å²) in [6, 6.07) is 7.91. The van der Waals surface area contributed by atoms with Crippen molar-refractivity contribution in [3.63, 3.8) is 0 Å². The van der Waals surface area contributed by atoms with Crippen molar-refractivity contribution in [1.82, 2.24) is 10.2 Å². The zero-order valence-electron chi connectivity index (χ0n) is 16.9. The second-order valence-electron chi connectivity index (χ2n) is 8.37. The Balaban J connectivity index is 1.35. The van der Waals surface area contributed by atoms with Crippen LogP contribution in [0.3, 0.4) is 0 Å². The Hall–Kier alpha value is -2.28. The summed E-state index contributed by atoms with van der Waals surface area (Å²) in [4.78, 5) is 30.8. The molecule has 0 unspecified atom stereocenters. The summed E-state index contributed by atoms with van der Waals surface area (Å²) in [5.41, 5.74) is 0.532. The van der Waals surface area contributed by atoms with Gasteiger partial charge in [0.25, 0.3) is 5.91 Å². The van der Waals surface area contributed by atoms with Crippen LogP contribution in [0.2, 0.25) is 0 Å². The molecule has 152 valence electrons. The Morgan fingerprint density at radius 2 is 1.89 bits per heavy atom. The molecular weight excluding hydrogens is 356 g/mol. The molecule has 7 nitrogen and oxygen atoms in total. The Morgan fingerprint density at radius 1 is 1.18 bits per heavy atom. The van der Waals surface area contributed by atoms with Gasteiger partial charge >= 0.3 is 6.03 Å². The third-order valence-electron chi connectivity index (χ3n) is 6.79. The van der Waals surface area contributed by atoms with E-state index in [1.54, 1.807) is 7.11 Å². The molecule has 2 saturated heterocycles. The van der Waals surface area contributed by atoms with Crippen LogP contribution in [0.5, 0.6) is 5.75 Å². The highest BCUT2D eigenvalue weighted by Gasteiger charge is 2.55. The van der Waals surface area contributed by atoms with Crippen LogP contribution in [-0.2, 0) is 4.79 Å². The van der Waals surface area contributed by atoms with Gasteiger partial charge in [0.05, 0.1) is 33.3 Å². The maximum atomic E-state index is 13.1. The number of piperazine rings is 1. The Morgan fingerprint density at radius 3 is 2.54 bits per heavy atom. The predicted octanol–water partition coefficient (Wildman–Crippen LogP) is 0.858. The molecule has 1 aliphatic carbocycles. The Kier molecular flexibility index (Phi) is 5.19. The van der Waals surface area contributed by atoms with Gasteiger partial charge in [0.2, 0.25) is 0 Å². The molecular formula is C21H31N4O3+. The van der Waals surface area contributed by atoms with E-state index in [4.69, 9.17) is 4.74 Å². The van der Waals surface area contributed by atoms with Crippen molar-refractivity contribution in [3.8, 4) is 5.75 Å². The van der Waals surface area contributed by atoms with Crippen molar-refractivity contribution in [1.29, 1.82) is 0 Å². The molecule has 0 bridgehead atoms. The number of quaternary nitrogens is 1. The summed E-state index contributed by atoms with van der Waals surface area (Å²) >= 11 is 0. The summed E-state index contributed by atoms with van der Waals surface area (Å²) in [5, 5.41) is 3.06. The van der Waals surface area contributed by atoms with Gasteiger partial charge in [0.1, 0.15) is 11.3 Å². The van der Waals surface area contributed by atoms with Crippen LogP contribution in [0.25, 0.3) is 0 Å². The standard InChI is InChI=1S/C21H30N4O3/c1-16-5-3-4-10-21(16)19(26)25(20(27)22-21)15-23-11-13-24(14-12-23)17-6-8-18(28-2)9-7-17/h6-9,16H,3-5,10-15H2,1-2H3,(H,22,27)/p+1/t16-,21-/m1/s1. The van der Waals surface area contributed by atoms with Crippen molar-refractivity contribution in [2.24, 2.45) is 5.92 Å². The van der Waals surface area contributed by atoms with Crippen molar-refractivity contribution in [2.75, 3.05) is 44.9 Å². The zero-order valence-corrected chi connectivity index (χ0v) is 16.9. The van der Waals surface area contributed by atoms with Crippen LogP contribution in [0, 0.1) is 5.92 Å². The fourth-order valence-corrected chi connectivity index (χ4v) is 4.89. The zero-order chi connectivity index (χ0) is 19.7. The maximum absolute atomic E-state index is 13.1. The van der Waals surface area contributed by atoms with Gasteiger partial charge < -0.3 is 19.9 Å². The fourth-order valence-electron chi connectivity index (χ4n) is 4.89. The minimum absolute atomic E-state index is 0.00483. The number of urea groups is 1. The highest BCUT2D eigenvalue weighted by molar-refractivity contribution is 6.07. The van der Waals surface area contributed by atoms with E-state index in [0.717, 1.165) is 57.6 Å². The molecule has 4 rings (SSSR count). The van der Waals surface area contributed by atoms with Crippen LogP contribution in [0.4, 0.5) is 10.5 Å². The van der Waals surface area contributed by atoms with E-state index >= 15 is 0 Å². The second kappa shape index (κ2) is 7.62. The molecule has 28 heavy (non-hydrogen) atoms. The van der Waals surface area contributed by atoms with Gasteiger partial charge in [-0.1, -0.05) is 19.8 Å². The van der Waals surface area contributed by atoms with E-state index < -0.39 is 5.54 Å². The molecule has 1 saturated carbocycles. The Bertz CT molecular complexity index is 730. The number of nitrogens with zero attached hydrogens (tertiary/aromatic N) is 2. The molecule has 7 heteroatoms. The van der Waals surface area contributed by atoms with E-state index in [9.17, 15) is 9.59 Å². The number of carbonyl (C=O) groups is 2. The molecule has 3 amide bonds. The number of anilines is 1. The lowest BCUT2D eigenvalue weighted by Gasteiger charge is -2.37. The smallest absolute Gasteiger partial charge is 0.329 e. The highest BCUT2D eigenvalue weighted by atomic mass is 16.5. The fraction of sp³-hybridized carbons (Fsp3) is 0.619. The molecule has 2 atom stereocenters. The lowest BCUT2D eigenvalue weighted by molar-refractivity contribution is -0.907. The van der Waals surface area contributed by atoms with Crippen LogP contribution >= 0.6 is 0 Å². The van der Waals surface area contributed by atoms with Gasteiger partial charge in [0.15, 0.2) is 6.67 Å². The quantitative estimate of drug-likeness (QED) is 0.752. The van der Waals surface area contributed by atoms with Gasteiger partial charge in [-0.25, -0.2) is 9.69 Å². The number of imide groups is 1. The minimum Gasteiger partial charge on any atom is -0.497 e. The normalized spacial score (nSPS) is 28.7. The highest BCUT2D eigenvalue weighted by Crippen LogP contribution is 2.37. The first-order valence-corrected chi connectivity index (χ1v) is 10.4. The number of benzene rings is 1. The molecule has 2 N–H and O–H groups in total. The summed E-state index contributed by atoms with van der Waals surface area (Å²) in [5.74, 6) is 1.07. The van der Waals surface area contributed by atoms with Crippen molar-refractivity contribution < 1.29 is 19.2 Å². The van der Waals surface area contributed by atoms with Gasteiger partial charge in [0, 0.05) is 5.69 Å². The van der Waals surface area contributed by atoms with E-state index in [2.05, 4.69) is 29.3 Å². The first kappa shape index (κ1) is 19.1. The lowest BCUT2D eigenvalue weighted by atomic mass is 9.73. The van der Waals surface area contributed by atoms with Gasteiger partial charge in [-0.3, -0.25) is 4.79 Å². The molecule has 0 aromatic heterocycles. The number of amides is 3. The first-order chi connectivity index (χ1) is 13.5. The molecule has 1 spiro atoms. The van der Waals surface area contributed by atoms with Gasteiger partial charge in [-0.2, -0.15) is 0 Å². The van der Waals surface area contributed by atoms with Crippen LogP contribution < -0.4 is 19.9 Å². The minimum atomic E-state index is -0.653. The van der Waals surface area contributed by atoms with Crippen molar-refractivity contribution in [2.45, 2.75) is 38.1 Å². The topological polar surface area (TPSA) is 66.3 Å². The first-order valence-electron chi connectivity index (χ1n) is 10.4. The predicted molar refractivity (Wildman–Crippen MR) is 107 cm³/mol. The van der Waals surface area contributed by atoms with Crippen LogP contribution in [-0.4, -0.2) is 62.3 Å². The number of nitrogens with one attached hydrogen (secondary N) is 2. The number of hydrogen-bond donors (Lipinski definition) is 2. The van der Waals surface area contributed by atoms with Crippen LogP contribution in [0.15, 0.2) is 24.3 Å². The molecule has 0 radical (unpaired) electrons. The molecule has 1 aromatic carbocycles. The second-order valence-corrected chi connectivity index (χ2v) is 8.37.